The van der Waals surface area contributed by atoms with E-state index in [-0.39, 0.29) is 6.42 Å². The Labute approximate surface area is 180 Å². The summed E-state index contributed by atoms with van der Waals surface area (Å²) in [5, 5.41) is 14.4. The molecular formula is C23H25N5O3. The molecule has 1 heterocycles. The molecule has 0 radical (unpaired) electrons. The summed E-state index contributed by atoms with van der Waals surface area (Å²) in [5.74, 6) is 0.353. The minimum absolute atomic E-state index is 0.204. The number of rotatable bonds is 8. The zero-order valence-electron chi connectivity index (χ0n) is 17.6. The first kappa shape index (κ1) is 21.8. The number of urea groups is 1. The van der Waals surface area contributed by atoms with Crippen LogP contribution in [0.3, 0.4) is 0 Å². The van der Waals surface area contributed by atoms with Crippen LogP contribution in [0.15, 0.2) is 42.5 Å². The van der Waals surface area contributed by atoms with Gasteiger partial charge in [-0.3, -0.25) is 0 Å². The SMILES string of the molecule is CCCCc1nc2ccc(NC(=O)N[C@H](Cc3cccc(C#N)c3)C(=O)OC)cc2[nH]1. The molecule has 0 saturated carbocycles. The number of aromatic amines is 1. The fourth-order valence-corrected chi connectivity index (χ4v) is 3.27. The molecule has 160 valence electrons. The summed E-state index contributed by atoms with van der Waals surface area (Å²) in [4.78, 5) is 32.5. The largest absolute Gasteiger partial charge is 0.467 e. The molecule has 8 heteroatoms. The molecule has 31 heavy (non-hydrogen) atoms. The summed E-state index contributed by atoms with van der Waals surface area (Å²) in [6.45, 7) is 2.13. The number of hydrogen-bond acceptors (Lipinski definition) is 5. The molecule has 3 rings (SSSR count). The third kappa shape index (κ3) is 5.82. The van der Waals surface area contributed by atoms with E-state index in [2.05, 4.69) is 33.6 Å². The van der Waals surface area contributed by atoms with Crippen molar-refractivity contribution in [1.82, 2.24) is 15.3 Å². The Morgan fingerprint density at radius 2 is 2.10 bits per heavy atom. The third-order valence-electron chi connectivity index (χ3n) is 4.84. The minimum atomic E-state index is -0.893. The highest BCUT2D eigenvalue weighted by molar-refractivity contribution is 5.94. The van der Waals surface area contributed by atoms with E-state index in [0.29, 0.717) is 11.3 Å². The summed E-state index contributed by atoms with van der Waals surface area (Å²) in [6, 6.07) is 12.9. The second-order valence-corrected chi connectivity index (χ2v) is 7.21. The number of aryl methyl sites for hydroxylation is 1. The van der Waals surface area contributed by atoms with E-state index in [0.717, 1.165) is 41.7 Å². The number of amides is 2. The maximum atomic E-state index is 12.5. The molecule has 3 aromatic rings. The van der Waals surface area contributed by atoms with Crippen molar-refractivity contribution in [2.24, 2.45) is 0 Å². The van der Waals surface area contributed by atoms with Crippen molar-refractivity contribution in [3.05, 3.63) is 59.4 Å². The van der Waals surface area contributed by atoms with Crippen molar-refractivity contribution in [1.29, 1.82) is 5.26 Å². The van der Waals surface area contributed by atoms with Crippen molar-refractivity contribution in [2.75, 3.05) is 12.4 Å². The van der Waals surface area contributed by atoms with Crippen LogP contribution in [0, 0.1) is 11.3 Å². The minimum Gasteiger partial charge on any atom is -0.467 e. The van der Waals surface area contributed by atoms with Crippen LogP contribution in [0.2, 0.25) is 0 Å². The number of methoxy groups -OCH3 is 1. The maximum Gasteiger partial charge on any atom is 0.328 e. The lowest BCUT2D eigenvalue weighted by Crippen LogP contribution is -2.45. The van der Waals surface area contributed by atoms with Crippen LogP contribution in [0.1, 0.15) is 36.7 Å². The van der Waals surface area contributed by atoms with Gasteiger partial charge in [0, 0.05) is 18.5 Å². The van der Waals surface area contributed by atoms with Crippen LogP contribution in [0.4, 0.5) is 10.5 Å². The van der Waals surface area contributed by atoms with Gasteiger partial charge in [-0.15, -0.1) is 0 Å². The lowest BCUT2D eigenvalue weighted by atomic mass is 10.0. The van der Waals surface area contributed by atoms with Crippen LogP contribution in [-0.4, -0.2) is 35.1 Å². The van der Waals surface area contributed by atoms with E-state index in [1.165, 1.54) is 7.11 Å². The van der Waals surface area contributed by atoms with Gasteiger partial charge in [-0.25, -0.2) is 14.6 Å². The molecule has 8 nitrogen and oxygen atoms in total. The molecule has 0 spiro atoms. The van der Waals surface area contributed by atoms with Crippen LogP contribution < -0.4 is 10.6 Å². The molecular weight excluding hydrogens is 394 g/mol. The highest BCUT2D eigenvalue weighted by Crippen LogP contribution is 2.18. The molecule has 0 unspecified atom stereocenters. The van der Waals surface area contributed by atoms with E-state index in [1.54, 1.807) is 36.4 Å². The first-order chi connectivity index (χ1) is 15.0. The van der Waals surface area contributed by atoms with E-state index in [9.17, 15) is 9.59 Å². The Balaban J connectivity index is 1.68. The second kappa shape index (κ2) is 10.3. The molecule has 1 aromatic heterocycles. The lowest BCUT2D eigenvalue weighted by molar-refractivity contribution is -0.142. The number of esters is 1. The highest BCUT2D eigenvalue weighted by Gasteiger charge is 2.22. The number of hydrogen-bond donors (Lipinski definition) is 3. The Morgan fingerprint density at radius 3 is 2.84 bits per heavy atom. The van der Waals surface area contributed by atoms with Gasteiger partial charge in [0.15, 0.2) is 0 Å². The predicted molar refractivity (Wildman–Crippen MR) is 118 cm³/mol. The van der Waals surface area contributed by atoms with Crippen molar-refractivity contribution in [2.45, 2.75) is 38.6 Å². The molecule has 0 aliphatic carbocycles. The van der Waals surface area contributed by atoms with Gasteiger partial charge in [-0.05, 0) is 42.3 Å². The van der Waals surface area contributed by atoms with Crippen molar-refractivity contribution in [3.8, 4) is 6.07 Å². The van der Waals surface area contributed by atoms with E-state index in [1.807, 2.05) is 6.07 Å². The Bertz CT molecular complexity index is 1120. The topological polar surface area (TPSA) is 120 Å². The van der Waals surface area contributed by atoms with Gasteiger partial charge in [0.2, 0.25) is 0 Å². The van der Waals surface area contributed by atoms with Gasteiger partial charge in [-0.1, -0.05) is 25.5 Å². The van der Waals surface area contributed by atoms with Crippen LogP contribution in [-0.2, 0) is 22.4 Å². The maximum absolute atomic E-state index is 12.5. The van der Waals surface area contributed by atoms with Gasteiger partial charge < -0.3 is 20.4 Å². The molecule has 0 fully saturated rings. The first-order valence-electron chi connectivity index (χ1n) is 10.2. The molecule has 0 aliphatic rings. The fraction of sp³-hybridized carbons (Fsp3) is 0.304. The van der Waals surface area contributed by atoms with Crippen LogP contribution >= 0.6 is 0 Å². The number of nitrogens with zero attached hydrogens (tertiary/aromatic N) is 2. The van der Waals surface area contributed by atoms with Gasteiger partial charge in [0.05, 0.1) is 29.8 Å². The Morgan fingerprint density at radius 1 is 1.26 bits per heavy atom. The zero-order valence-corrected chi connectivity index (χ0v) is 17.6. The average molecular weight is 419 g/mol. The number of fused-ring (bicyclic) bond motifs is 1. The molecule has 1 atom stereocenters. The van der Waals surface area contributed by atoms with E-state index in [4.69, 9.17) is 10.00 Å². The van der Waals surface area contributed by atoms with E-state index < -0.39 is 18.0 Å². The number of nitriles is 1. The monoisotopic (exact) mass is 419 g/mol. The summed E-state index contributed by atoms with van der Waals surface area (Å²) in [5.41, 5.74) is 3.47. The van der Waals surface area contributed by atoms with Gasteiger partial charge in [-0.2, -0.15) is 5.26 Å². The van der Waals surface area contributed by atoms with Gasteiger partial charge in [0.25, 0.3) is 0 Å². The smallest absolute Gasteiger partial charge is 0.328 e. The number of anilines is 1. The molecule has 0 aliphatic heterocycles. The summed E-state index contributed by atoms with van der Waals surface area (Å²) in [6.07, 6.45) is 3.23. The molecule has 0 saturated heterocycles. The average Bonchev–Trinajstić information content (AvgIpc) is 3.18. The standard InChI is InChI=1S/C23H25N5O3/c1-3-4-8-21-26-18-10-9-17(13-19(18)27-21)25-23(30)28-20(22(29)31-2)12-15-6-5-7-16(11-15)14-24/h5-7,9-11,13,20H,3-4,8,12H2,1-2H3,(H,26,27)(H2,25,28,30)/t20-/m1/s1. The van der Waals surface area contributed by atoms with Gasteiger partial charge >= 0.3 is 12.0 Å². The molecule has 0 bridgehead atoms. The Kier molecular flexibility index (Phi) is 7.22. The van der Waals surface area contributed by atoms with Gasteiger partial charge in [0.1, 0.15) is 11.9 Å². The number of nitrogens with one attached hydrogen (secondary N) is 3. The van der Waals surface area contributed by atoms with Crippen molar-refractivity contribution >= 4 is 28.7 Å². The van der Waals surface area contributed by atoms with Crippen molar-refractivity contribution < 1.29 is 14.3 Å². The molecule has 3 N–H and O–H groups in total. The number of H-pyrrole nitrogens is 1. The number of imidazole rings is 1. The van der Waals surface area contributed by atoms with Crippen molar-refractivity contribution in [3.63, 3.8) is 0 Å². The number of unbranched alkanes of at least 4 members (excludes halogenated alkanes) is 1. The first-order valence-corrected chi connectivity index (χ1v) is 10.2. The Hall–Kier alpha value is -3.86. The summed E-state index contributed by atoms with van der Waals surface area (Å²) < 4.78 is 4.83. The molecule has 2 amide bonds. The molecule has 2 aromatic carbocycles. The normalized spacial score (nSPS) is 11.5. The van der Waals surface area contributed by atoms with Crippen LogP contribution in [0.25, 0.3) is 11.0 Å². The lowest BCUT2D eigenvalue weighted by Gasteiger charge is -2.17. The number of carbonyl (C=O) groups excluding carboxylic acids is 2. The number of aromatic nitrogens is 2. The number of carbonyl (C=O) groups is 2. The summed E-state index contributed by atoms with van der Waals surface area (Å²) in [7, 11) is 1.27. The van der Waals surface area contributed by atoms with E-state index >= 15 is 0 Å². The number of benzene rings is 2. The highest BCUT2D eigenvalue weighted by atomic mass is 16.5. The zero-order chi connectivity index (χ0) is 22.2. The van der Waals surface area contributed by atoms with Crippen LogP contribution in [0.5, 0.6) is 0 Å². The number of ether oxygens (including phenoxy) is 1. The fourth-order valence-electron chi connectivity index (χ4n) is 3.27. The second-order valence-electron chi connectivity index (χ2n) is 7.21. The quantitative estimate of drug-likeness (QED) is 0.481. The third-order valence-corrected chi connectivity index (χ3v) is 4.84. The summed E-state index contributed by atoms with van der Waals surface area (Å²) >= 11 is 0. The predicted octanol–water partition coefficient (Wildman–Crippen LogP) is 3.68.